The summed E-state index contributed by atoms with van der Waals surface area (Å²) in [5.74, 6) is -0.947. The Hall–Kier alpha value is -3.09. The number of carboxylic acid groups (broad SMARTS) is 1. The molecule has 0 saturated carbocycles. The Morgan fingerprint density at radius 1 is 1.14 bits per heavy atom. The van der Waals surface area contributed by atoms with E-state index in [-0.39, 0.29) is 11.4 Å². The van der Waals surface area contributed by atoms with Crippen LogP contribution in [0.15, 0.2) is 42.6 Å². The third-order valence-electron chi connectivity index (χ3n) is 3.25. The van der Waals surface area contributed by atoms with Crippen molar-refractivity contribution in [1.29, 1.82) is 0 Å². The van der Waals surface area contributed by atoms with Crippen LogP contribution >= 0.6 is 0 Å². The monoisotopic (exact) mass is 298 g/mol. The van der Waals surface area contributed by atoms with Crippen LogP contribution in [0.2, 0.25) is 0 Å². The van der Waals surface area contributed by atoms with Crippen molar-refractivity contribution >= 4 is 5.97 Å². The van der Waals surface area contributed by atoms with Crippen molar-refractivity contribution in [2.75, 3.05) is 0 Å². The molecule has 6 nitrogen and oxygen atoms in total. The summed E-state index contributed by atoms with van der Waals surface area (Å²) in [5, 5.41) is 21.1. The van der Waals surface area contributed by atoms with Crippen LogP contribution in [0.1, 0.15) is 16.1 Å². The number of carbonyl (C=O) groups is 1. The fourth-order valence-corrected chi connectivity index (χ4v) is 2.06. The van der Waals surface area contributed by atoms with Crippen molar-refractivity contribution in [3.05, 3.63) is 59.7 Å². The first-order chi connectivity index (χ1) is 10.6. The van der Waals surface area contributed by atoms with Gasteiger partial charge in [-0.05, 0) is 43.3 Å². The molecule has 110 valence electrons. The number of aromatic carboxylic acids is 1. The first-order valence-corrected chi connectivity index (χ1v) is 6.44. The van der Waals surface area contributed by atoms with Gasteiger partial charge in [-0.3, -0.25) is 0 Å². The molecule has 2 heterocycles. The predicted octanol–water partition coefficient (Wildman–Crippen LogP) is 2.48. The topological polar surface area (TPSA) is 80.9 Å². The molecule has 1 N–H and O–H groups in total. The smallest absolute Gasteiger partial charge is 0.339 e. The van der Waals surface area contributed by atoms with Crippen LogP contribution in [0.4, 0.5) is 4.39 Å². The highest BCUT2D eigenvalue weighted by Crippen LogP contribution is 2.18. The van der Waals surface area contributed by atoms with Gasteiger partial charge in [0.1, 0.15) is 11.4 Å². The quantitative estimate of drug-likeness (QED) is 0.803. The molecule has 0 radical (unpaired) electrons. The van der Waals surface area contributed by atoms with Crippen LogP contribution in [0.25, 0.3) is 17.1 Å². The van der Waals surface area contributed by atoms with E-state index in [4.69, 9.17) is 5.11 Å². The lowest BCUT2D eigenvalue weighted by Crippen LogP contribution is -2.05. The normalized spacial score (nSPS) is 10.6. The molecule has 0 bridgehead atoms. The molecule has 1 aromatic carbocycles. The standard InChI is InChI=1S/C15H11FN4O2/c1-9-12(15(21)22)8-17-20(9)14-7-6-13(18-19-14)10-2-4-11(16)5-3-10/h2-8H,1H3,(H,21,22). The number of rotatable bonds is 3. The largest absolute Gasteiger partial charge is 0.478 e. The van der Waals surface area contributed by atoms with Crippen molar-refractivity contribution in [3.8, 4) is 17.1 Å². The molecule has 0 spiro atoms. The first-order valence-electron chi connectivity index (χ1n) is 6.44. The zero-order chi connectivity index (χ0) is 15.7. The average molecular weight is 298 g/mol. The van der Waals surface area contributed by atoms with E-state index in [1.807, 2.05) is 0 Å². The number of hydrogen-bond acceptors (Lipinski definition) is 4. The minimum absolute atomic E-state index is 0.115. The first kappa shape index (κ1) is 13.9. The highest BCUT2D eigenvalue weighted by molar-refractivity contribution is 5.88. The third-order valence-corrected chi connectivity index (χ3v) is 3.25. The van der Waals surface area contributed by atoms with Gasteiger partial charge >= 0.3 is 5.97 Å². The molecule has 3 aromatic rings. The van der Waals surface area contributed by atoms with E-state index in [0.717, 1.165) is 5.56 Å². The molecule has 0 aliphatic heterocycles. The predicted molar refractivity (Wildman–Crippen MR) is 76.2 cm³/mol. The summed E-state index contributed by atoms with van der Waals surface area (Å²) in [5.41, 5.74) is 1.91. The third kappa shape index (κ3) is 2.44. The molecule has 3 rings (SSSR count). The van der Waals surface area contributed by atoms with E-state index in [2.05, 4.69) is 15.3 Å². The van der Waals surface area contributed by atoms with Gasteiger partial charge in [0.15, 0.2) is 5.82 Å². The summed E-state index contributed by atoms with van der Waals surface area (Å²) in [6.45, 7) is 1.64. The number of nitrogens with zero attached hydrogens (tertiary/aromatic N) is 4. The fraction of sp³-hybridized carbons (Fsp3) is 0.0667. The Balaban J connectivity index is 1.94. The second-order valence-corrected chi connectivity index (χ2v) is 4.64. The lowest BCUT2D eigenvalue weighted by atomic mass is 10.1. The second-order valence-electron chi connectivity index (χ2n) is 4.64. The van der Waals surface area contributed by atoms with Gasteiger partial charge in [0.25, 0.3) is 0 Å². The Labute approximate surface area is 124 Å². The summed E-state index contributed by atoms with van der Waals surface area (Å²) < 4.78 is 14.3. The summed E-state index contributed by atoms with van der Waals surface area (Å²) in [6, 6.07) is 9.32. The van der Waals surface area contributed by atoms with E-state index < -0.39 is 5.97 Å². The summed E-state index contributed by atoms with van der Waals surface area (Å²) >= 11 is 0. The zero-order valence-corrected chi connectivity index (χ0v) is 11.6. The Morgan fingerprint density at radius 2 is 1.86 bits per heavy atom. The van der Waals surface area contributed by atoms with Crippen molar-refractivity contribution in [2.24, 2.45) is 0 Å². The summed E-state index contributed by atoms with van der Waals surface area (Å²) in [6.07, 6.45) is 1.27. The van der Waals surface area contributed by atoms with Gasteiger partial charge in [0, 0.05) is 5.56 Å². The van der Waals surface area contributed by atoms with Crippen LogP contribution < -0.4 is 0 Å². The summed E-state index contributed by atoms with van der Waals surface area (Å²) in [7, 11) is 0. The molecule has 2 aromatic heterocycles. The zero-order valence-electron chi connectivity index (χ0n) is 11.6. The highest BCUT2D eigenvalue weighted by Gasteiger charge is 2.14. The maximum absolute atomic E-state index is 12.9. The summed E-state index contributed by atoms with van der Waals surface area (Å²) in [4.78, 5) is 11.0. The van der Waals surface area contributed by atoms with Crippen LogP contribution in [0.5, 0.6) is 0 Å². The molecule has 0 atom stereocenters. The van der Waals surface area contributed by atoms with E-state index >= 15 is 0 Å². The molecule has 7 heteroatoms. The van der Waals surface area contributed by atoms with Gasteiger partial charge in [-0.15, -0.1) is 10.2 Å². The SMILES string of the molecule is Cc1c(C(=O)O)cnn1-c1ccc(-c2ccc(F)cc2)nn1. The lowest BCUT2D eigenvalue weighted by molar-refractivity contribution is 0.0696. The highest BCUT2D eigenvalue weighted by atomic mass is 19.1. The number of benzene rings is 1. The maximum atomic E-state index is 12.9. The van der Waals surface area contributed by atoms with Gasteiger partial charge in [0.05, 0.1) is 17.6 Å². The Bertz CT molecular complexity index is 826. The van der Waals surface area contributed by atoms with Gasteiger partial charge < -0.3 is 5.11 Å². The van der Waals surface area contributed by atoms with Gasteiger partial charge in [-0.1, -0.05) is 0 Å². The second kappa shape index (κ2) is 5.36. The minimum Gasteiger partial charge on any atom is -0.478 e. The number of hydrogen-bond donors (Lipinski definition) is 1. The Morgan fingerprint density at radius 3 is 2.41 bits per heavy atom. The molecule has 0 saturated heterocycles. The van der Waals surface area contributed by atoms with Gasteiger partial charge in [-0.25, -0.2) is 13.9 Å². The lowest BCUT2D eigenvalue weighted by Gasteiger charge is -2.04. The number of carboxylic acids is 1. The van der Waals surface area contributed by atoms with E-state index in [9.17, 15) is 9.18 Å². The van der Waals surface area contributed by atoms with Crippen molar-refractivity contribution < 1.29 is 14.3 Å². The maximum Gasteiger partial charge on any atom is 0.339 e. The van der Waals surface area contributed by atoms with E-state index in [1.54, 1.807) is 31.2 Å². The molecule has 0 amide bonds. The molecular weight excluding hydrogens is 287 g/mol. The van der Waals surface area contributed by atoms with Crippen LogP contribution in [-0.2, 0) is 0 Å². The van der Waals surface area contributed by atoms with Crippen molar-refractivity contribution in [1.82, 2.24) is 20.0 Å². The minimum atomic E-state index is -1.04. The van der Waals surface area contributed by atoms with Crippen LogP contribution in [-0.4, -0.2) is 31.1 Å². The van der Waals surface area contributed by atoms with Crippen molar-refractivity contribution in [3.63, 3.8) is 0 Å². The number of aromatic nitrogens is 4. The fourth-order valence-electron chi connectivity index (χ4n) is 2.06. The molecule has 0 aliphatic carbocycles. The molecular formula is C15H11FN4O2. The van der Waals surface area contributed by atoms with Crippen LogP contribution in [0.3, 0.4) is 0 Å². The molecule has 0 fully saturated rings. The van der Waals surface area contributed by atoms with Crippen LogP contribution in [0, 0.1) is 12.7 Å². The van der Waals surface area contributed by atoms with E-state index in [0.29, 0.717) is 17.2 Å². The van der Waals surface area contributed by atoms with Gasteiger partial charge in [0.2, 0.25) is 0 Å². The molecule has 22 heavy (non-hydrogen) atoms. The van der Waals surface area contributed by atoms with E-state index in [1.165, 1.54) is 23.0 Å². The average Bonchev–Trinajstić information content (AvgIpc) is 2.90. The Kier molecular flexibility index (Phi) is 3.38. The number of halogens is 1. The molecule has 0 aliphatic rings. The van der Waals surface area contributed by atoms with Gasteiger partial charge in [-0.2, -0.15) is 5.10 Å². The molecule has 0 unspecified atom stereocenters. The van der Waals surface area contributed by atoms with Crippen molar-refractivity contribution in [2.45, 2.75) is 6.92 Å².